The monoisotopic (exact) mass is 367 g/mol. The van der Waals surface area contributed by atoms with Crippen LogP contribution >= 0.6 is 0 Å². The summed E-state index contributed by atoms with van der Waals surface area (Å²) in [5.41, 5.74) is 0. The zero-order valence-corrected chi connectivity index (χ0v) is 14.2. The second-order valence-corrected chi connectivity index (χ2v) is 7.52. The second-order valence-electron chi connectivity index (χ2n) is 5.59. The Bertz CT molecular complexity index is 831. The van der Waals surface area contributed by atoms with E-state index in [9.17, 15) is 17.6 Å². The molecule has 2 aromatic rings. The average Bonchev–Trinajstić information content (AvgIpc) is 3.13. The molecule has 1 aliphatic rings. The van der Waals surface area contributed by atoms with E-state index in [2.05, 4.69) is 5.32 Å². The lowest BCUT2D eigenvalue weighted by atomic mass is 10.3. The van der Waals surface area contributed by atoms with E-state index in [1.54, 1.807) is 17.0 Å². The van der Waals surface area contributed by atoms with Crippen molar-refractivity contribution in [3.05, 3.63) is 54.2 Å². The predicted molar refractivity (Wildman–Crippen MR) is 87.7 cm³/mol. The molecule has 25 heavy (non-hydrogen) atoms. The maximum absolute atomic E-state index is 13.3. The highest BCUT2D eigenvalue weighted by Crippen LogP contribution is 2.18. The molecule has 0 radical (unpaired) electrons. The maximum atomic E-state index is 13.3. The number of furan rings is 1. The minimum Gasteiger partial charge on any atom is -0.467 e. The molecule has 0 bridgehead atoms. The number of sulfonamides is 1. The molecule has 0 spiro atoms. The maximum Gasteiger partial charge on any atom is 0.317 e. The van der Waals surface area contributed by atoms with E-state index in [0.717, 1.165) is 6.07 Å². The Morgan fingerprint density at radius 3 is 2.56 bits per heavy atom. The topological polar surface area (TPSA) is 82.9 Å². The lowest BCUT2D eigenvalue weighted by molar-refractivity contribution is 0.171. The number of rotatable bonds is 4. The molecule has 9 heteroatoms. The van der Waals surface area contributed by atoms with E-state index in [0.29, 0.717) is 5.76 Å². The highest BCUT2D eigenvalue weighted by Gasteiger charge is 2.30. The number of hydrogen-bond donors (Lipinski definition) is 1. The van der Waals surface area contributed by atoms with Crippen LogP contribution in [0.4, 0.5) is 9.18 Å². The van der Waals surface area contributed by atoms with Gasteiger partial charge in [-0.3, -0.25) is 0 Å². The molecule has 1 aromatic heterocycles. The summed E-state index contributed by atoms with van der Waals surface area (Å²) >= 11 is 0. The Hall–Kier alpha value is -2.39. The van der Waals surface area contributed by atoms with Crippen molar-refractivity contribution in [2.75, 3.05) is 26.2 Å². The van der Waals surface area contributed by atoms with Crippen LogP contribution in [0, 0.1) is 5.82 Å². The number of carbonyl (C=O) groups excluding carboxylic acids is 1. The molecular weight excluding hydrogens is 349 g/mol. The van der Waals surface area contributed by atoms with Crippen LogP contribution in [0.3, 0.4) is 0 Å². The summed E-state index contributed by atoms with van der Waals surface area (Å²) in [4.78, 5) is 13.6. The van der Waals surface area contributed by atoms with Crippen molar-refractivity contribution < 1.29 is 22.0 Å². The van der Waals surface area contributed by atoms with Crippen LogP contribution in [0.25, 0.3) is 0 Å². The van der Waals surface area contributed by atoms with E-state index >= 15 is 0 Å². The SMILES string of the molecule is O=C(NCc1ccco1)N1CCN(S(=O)(=O)c2cccc(F)c2)CC1. The number of piperazine rings is 1. The van der Waals surface area contributed by atoms with Gasteiger partial charge in [0.2, 0.25) is 10.0 Å². The van der Waals surface area contributed by atoms with Gasteiger partial charge in [0.1, 0.15) is 11.6 Å². The fourth-order valence-corrected chi connectivity index (χ4v) is 4.05. The first-order chi connectivity index (χ1) is 12.0. The molecule has 2 heterocycles. The third-order valence-electron chi connectivity index (χ3n) is 3.95. The second kappa shape index (κ2) is 7.24. The summed E-state index contributed by atoms with van der Waals surface area (Å²) in [6.45, 7) is 1.12. The third-order valence-corrected chi connectivity index (χ3v) is 5.85. The van der Waals surface area contributed by atoms with Crippen LogP contribution in [0.1, 0.15) is 5.76 Å². The molecule has 3 rings (SSSR count). The first-order valence-electron chi connectivity index (χ1n) is 7.78. The van der Waals surface area contributed by atoms with Gasteiger partial charge in [-0.1, -0.05) is 6.07 Å². The molecule has 2 amide bonds. The molecule has 0 saturated carbocycles. The lowest BCUT2D eigenvalue weighted by Crippen LogP contribution is -2.52. The number of benzene rings is 1. The van der Waals surface area contributed by atoms with Crippen LogP contribution in [0.2, 0.25) is 0 Å². The normalized spacial score (nSPS) is 16.0. The molecule has 0 aliphatic carbocycles. The number of nitrogens with one attached hydrogen (secondary N) is 1. The standard InChI is InChI=1S/C16H18FN3O4S/c17-13-3-1-5-15(11-13)25(22,23)20-8-6-19(7-9-20)16(21)18-12-14-4-2-10-24-14/h1-5,10-11H,6-9,12H2,(H,18,21). The summed E-state index contributed by atoms with van der Waals surface area (Å²) in [5, 5.41) is 2.72. The molecule has 134 valence electrons. The minimum absolute atomic E-state index is 0.0804. The van der Waals surface area contributed by atoms with Crippen molar-refractivity contribution in [3.8, 4) is 0 Å². The highest BCUT2D eigenvalue weighted by molar-refractivity contribution is 7.89. The van der Waals surface area contributed by atoms with Gasteiger partial charge in [0.25, 0.3) is 0 Å². The van der Waals surface area contributed by atoms with Crippen LogP contribution in [-0.4, -0.2) is 49.8 Å². The average molecular weight is 367 g/mol. The molecule has 1 aromatic carbocycles. The molecule has 1 saturated heterocycles. The molecule has 1 aliphatic heterocycles. The van der Waals surface area contributed by atoms with E-state index in [1.165, 1.54) is 28.8 Å². The Morgan fingerprint density at radius 1 is 1.16 bits per heavy atom. The Balaban J connectivity index is 1.57. The minimum atomic E-state index is -3.76. The molecule has 7 nitrogen and oxygen atoms in total. The first-order valence-corrected chi connectivity index (χ1v) is 9.22. The fraction of sp³-hybridized carbons (Fsp3) is 0.312. The van der Waals surface area contributed by atoms with Gasteiger partial charge in [0.05, 0.1) is 17.7 Å². The number of carbonyl (C=O) groups is 1. The summed E-state index contributed by atoms with van der Waals surface area (Å²) in [6.07, 6.45) is 1.53. The third kappa shape index (κ3) is 3.99. The Morgan fingerprint density at radius 2 is 1.92 bits per heavy atom. The Kier molecular flexibility index (Phi) is 5.05. The molecule has 1 N–H and O–H groups in total. The van der Waals surface area contributed by atoms with Crippen LogP contribution in [0.15, 0.2) is 52.0 Å². The van der Waals surface area contributed by atoms with Crippen molar-refractivity contribution in [1.29, 1.82) is 0 Å². The van der Waals surface area contributed by atoms with Crippen LogP contribution in [-0.2, 0) is 16.6 Å². The summed E-state index contributed by atoms with van der Waals surface area (Å²) in [5.74, 6) is 0.0395. The number of halogens is 1. The van der Waals surface area contributed by atoms with Gasteiger partial charge in [-0.05, 0) is 30.3 Å². The van der Waals surface area contributed by atoms with Crippen molar-refractivity contribution in [2.45, 2.75) is 11.4 Å². The van der Waals surface area contributed by atoms with Gasteiger partial charge < -0.3 is 14.6 Å². The zero-order valence-electron chi connectivity index (χ0n) is 13.4. The molecule has 0 atom stereocenters. The lowest BCUT2D eigenvalue weighted by Gasteiger charge is -2.33. The van der Waals surface area contributed by atoms with Gasteiger partial charge in [-0.15, -0.1) is 0 Å². The zero-order chi connectivity index (χ0) is 17.9. The van der Waals surface area contributed by atoms with E-state index in [1.807, 2.05) is 0 Å². The number of urea groups is 1. The molecule has 0 unspecified atom stereocenters. The number of nitrogens with zero attached hydrogens (tertiary/aromatic N) is 2. The van der Waals surface area contributed by atoms with Crippen LogP contribution in [0.5, 0.6) is 0 Å². The van der Waals surface area contributed by atoms with Crippen LogP contribution < -0.4 is 5.32 Å². The van der Waals surface area contributed by atoms with Gasteiger partial charge in [0, 0.05) is 26.2 Å². The quantitative estimate of drug-likeness (QED) is 0.890. The van der Waals surface area contributed by atoms with E-state index < -0.39 is 15.8 Å². The number of hydrogen-bond acceptors (Lipinski definition) is 4. The van der Waals surface area contributed by atoms with Gasteiger partial charge in [0.15, 0.2) is 0 Å². The summed E-state index contributed by atoms with van der Waals surface area (Å²) in [7, 11) is -3.76. The fourth-order valence-electron chi connectivity index (χ4n) is 2.60. The van der Waals surface area contributed by atoms with Crippen molar-refractivity contribution in [2.24, 2.45) is 0 Å². The summed E-state index contributed by atoms with van der Waals surface area (Å²) in [6, 6.07) is 8.13. The smallest absolute Gasteiger partial charge is 0.317 e. The van der Waals surface area contributed by atoms with Gasteiger partial charge in [-0.25, -0.2) is 17.6 Å². The highest BCUT2D eigenvalue weighted by atomic mass is 32.2. The van der Waals surface area contributed by atoms with Crippen molar-refractivity contribution in [3.63, 3.8) is 0 Å². The largest absolute Gasteiger partial charge is 0.467 e. The summed E-state index contributed by atoms with van der Waals surface area (Å²) < 4.78 is 44.7. The van der Waals surface area contributed by atoms with Gasteiger partial charge >= 0.3 is 6.03 Å². The molecular formula is C16H18FN3O4S. The van der Waals surface area contributed by atoms with E-state index in [-0.39, 0.29) is 43.7 Å². The first kappa shape index (κ1) is 17.4. The predicted octanol–water partition coefficient (Wildman–Crippen LogP) is 1.63. The van der Waals surface area contributed by atoms with Crippen molar-refractivity contribution in [1.82, 2.24) is 14.5 Å². The number of amides is 2. The van der Waals surface area contributed by atoms with Gasteiger partial charge in [-0.2, -0.15) is 4.31 Å². The van der Waals surface area contributed by atoms with Crippen molar-refractivity contribution >= 4 is 16.1 Å². The Labute approximate surface area is 145 Å². The molecule has 1 fully saturated rings. The van der Waals surface area contributed by atoms with E-state index in [4.69, 9.17) is 4.42 Å².